The topological polar surface area (TPSA) is 326 Å². The number of nitrogens with zero attached hydrogens (tertiary/aromatic N) is 14. The summed E-state index contributed by atoms with van der Waals surface area (Å²) >= 11 is 24.3. The molecule has 0 unspecified atom stereocenters. The number of rotatable bonds is 19. The number of carbonyl (C=O) groups excluding carboxylic acids is 5. The van der Waals surface area contributed by atoms with Gasteiger partial charge in [0.1, 0.15) is 56.9 Å². The fraction of sp³-hybridized carbons (Fsp3) is 0.310. The van der Waals surface area contributed by atoms with Gasteiger partial charge in [0.2, 0.25) is 0 Å². The van der Waals surface area contributed by atoms with Gasteiger partial charge in [0, 0.05) is 79.0 Å². The van der Waals surface area contributed by atoms with Crippen molar-refractivity contribution in [1.29, 1.82) is 0 Å². The number of aryl methyl sites for hydroxylation is 4. The van der Waals surface area contributed by atoms with Crippen LogP contribution in [0.2, 0.25) is 20.1 Å². The predicted octanol–water partition coefficient (Wildman–Crippen LogP) is 14.5. The number of alkyl halides is 3. The van der Waals surface area contributed by atoms with E-state index in [4.69, 9.17) is 61.0 Å². The zero-order valence-corrected chi connectivity index (χ0v) is 69.8. The van der Waals surface area contributed by atoms with Crippen molar-refractivity contribution in [3.63, 3.8) is 0 Å². The van der Waals surface area contributed by atoms with Gasteiger partial charge in [-0.25, -0.2) is 47.4 Å². The molecule has 2 amide bonds. The molecule has 5 aliphatic heterocycles. The molecule has 6 aromatic carbocycles. The molecule has 16 rings (SSSR count). The van der Waals surface area contributed by atoms with E-state index in [-0.39, 0.29) is 47.2 Å². The summed E-state index contributed by atoms with van der Waals surface area (Å²) in [5.41, 5.74) is 9.58. The molecular weight excluding hydrogens is 1640 g/mol. The maximum atomic E-state index is 13.3. The van der Waals surface area contributed by atoms with E-state index in [1.54, 1.807) is 35.9 Å². The molecule has 2 atom stereocenters. The van der Waals surface area contributed by atoms with E-state index in [0.717, 1.165) is 108 Å². The molecule has 5 aromatic heterocycles. The Morgan fingerprint density at radius 1 is 0.417 bits per heavy atom. The molecule has 0 bridgehead atoms. The lowest BCUT2D eigenvalue weighted by Crippen LogP contribution is -2.29. The van der Waals surface area contributed by atoms with E-state index in [0.29, 0.717) is 122 Å². The Morgan fingerprint density at radius 3 is 1.07 bits per heavy atom. The minimum absolute atomic E-state index is 0.0687. The van der Waals surface area contributed by atoms with Crippen molar-refractivity contribution in [2.45, 2.75) is 119 Å². The second-order valence-electron chi connectivity index (χ2n) is 28.7. The minimum atomic E-state index is -4.66. The van der Waals surface area contributed by atoms with Crippen LogP contribution >= 0.6 is 46.4 Å². The summed E-state index contributed by atoms with van der Waals surface area (Å²) in [5.74, 6) is -0.826. The van der Waals surface area contributed by atoms with Crippen LogP contribution in [0.4, 0.5) is 42.3 Å². The van der Waals surface area contributed by atoms with Crippen LogP contribution in [0.1, 0.15) is 160 Å². The molecule has 0 spiro atoms. The van der Waals surface area contributed by atoms with Gasteiger partial charge in [-0.3, -0.25) is 9.59 Å². The van der Waals surface area contributed by atoms with Crippen molar-refractivity contribution in [3.05, 3.63) is 266 Å². The quantitative estimate of drug-likeness (QED) is 0.0371. The normalized spacial score (nSPS) is 13.7. The molecule has 0 saturated heterocycles. The molecule has 36 heteroatoms. The number of halogens is 7. The van der Waals surface area contributed by atoms with Crippen LogP contribution in [0.25, 0.3) is 0 Å². The van der Waals surface area contributed by atoms with Gasteiger partial charge in [0.05, 0.1) is 100 Å². The Balaban J connectivity index is 0.000000141. The van der Waals surface area contributed by atoms with E-state index in [9.17, 15) is 51.8 Å². The average Bonchev–Trinajstić information content (AvgIpc) is 1.63. The lowest BCUT2D eigenvalue weighted by molar-refractivity contribution is -0.142. The van der Waals surface area contributed by atoms with Gasteiger partial charge < -0.3 is 60.0 Å². The van der Waals surface area contributed by atoms with Crippen LogP contribution in [0.15, 0.2) is 146 Å². The Labute approximate surface area is 708 Å². The van der Waals surface area contributed by atoms with Crippen molar-refractivity contribution < 1.29 is 71.2 Å². The zero-order valence-electron chi connectivity index (χ0n) is 66.8. The van der Waals surface area contributed by atoms with E-state index in [2.05, 4.69) is 60.9 Å². The Bertz CT molecular complexity index is 5670. The highest BCUT2D eigenvalue weighted by molar-refractivity contribution is 6.31. The molecule has 10 heterocycles. The van der Waals surface area contributed by atoms with Crippen molar-refractivity contribution in [1.82, 2.24) is 59.5 Å². The number of amides is 2. The number of hydrogen-bond donors (Lipinski definition) is 5. The largest absolute Gasteiger partial charge is 0.478 e. The van der Waals surface area contributed by atoms with Crippen LogP contribution in [0, 0.1) is 27.7 Å². The molecule has 120 heavy (non-hydrogen) atoms. The van der Waals surface area contributed by atoms with Gasteiger partial charge in [-0.1, -0.05) is 119 Å². The summed E-state index contributed by atoms with van der Waals surface area (Å²) in [4.78, 5) is 92.3. The summed E-state index contributed by atoms with van der Waals surface area (Å²) in [6.07, 6.45) is -4.66. The third-order valence-corrected chi connectivity index (χ3v) is 21.4. The van der Waals surface area contributed by atoms with Crippen molar-refractivity contribution in [2.24, 2.45) is 0 Å². The number of aromatic nitrogens is 10. The fourth-order valence-electron chi connectivity index (χ4n) is 14.9. The van der Waals surface area contributed by atoms with E-state index in [1.807, 2.05) is 163 Å². The molecular formula is C84H86Cl4F3N17O12. The highest BCUT2D eigenvalue weighted by atomic mass is 35.5. The molecule has 29 nitrogen and oxygen atoms in total. The summed E-state index contributed by atoms with van der Waals surface area (Å²) in [7, 11) is 3.77. The van der Waals surface area contributed by atoms with E-state index >= 15 is 0 Å². The highest BCUT2D eigenvalue weighted by Gasteiger charge is 2.43. The number of nitrogens with one attached hydrogen (secondary N) is 3. The monoisotopic (exact) mass is 1720 g/mol. The molecule has 0 saturated carbocycles. The third-order valence-electron chi connectivity index (χ3n) is 20.4. The molecule has 5 N–H and O–H groups in total. The lowest BCUT2D eigenvalue weighted by Gasteiger charge is -2.20. The summed E-state index contributed by atoms with van der Waals surface area (Å²) in [6, 6.07) is 43.8. The van der Waals surface area contributed by atoms with Gasteiger partial charge in [-0.15, -0.1) is 0 Å². The maximum absolute atomic E-state index is 13.3. The number of anilines is 5. The Kier molecular flexibility index (Phi) is 27.3. The van der Waals surface area contributed by atoms with Crippen molar-refractivity contribution in [2.75, 3.05) is 79.0 Å². The van der Waals surface area contributed by atoms with Gasteiger partial charge >= 0.3 is 36.0 Å². The number of esters is 3. The first-order valence-electron chi connectivity index (χ1n) is 38.0. The second-order valence-corrected chi connectivity index (χ2v) is 30.4. The Hall–Kier alpha value is -12.4. The number of methoxy groups -OCH3 is 3. The maximum Gasteiger partial charge on any atom is 0.436 e. The second kappa shape index (κ2) is 37.7. The fourth-order valence-corrected chi connectivity index (χ4v) is 15.7. The number of ether oxygens (including phenoxy) is 3. The molecule has 628 valence electrons. The number of carboxylic acid groups (broad SMARTS) is 2. The summed E-state index contributed by atoms with van der Waals surface area (Å²) in [5, 5.41) is 51.1. The summed E-state index contributed by atoms with van der Waals surface area (Å²) in [6.45, 7) is 20.4. The summed E-state index contributed by atoms with van der Waals surface area (Å²) < 4.78 is 60.2. The van der Waals surface area contributed by atoms with Crippen molar-refractivity contribution >= 4 is 117 Å². The number of hydrogen-bond acceptors (Lipinski definition) is 20. The SMILES string of the molecule is COC(=O)c1c(C(F)(F)F)nn2c1NCC2.COC(=O)c1c(C)nn2c1N(Cc1cccc(Cl)c1)CC2.COC(=O)c1ccc([C@H](C)NC(=O)c2c(C)nn3c2N(Cc2cccc(Cl)c2)CC3)cc1.Cc1nn2c(c1C(=O)N[C@@H](C)c1ccc(C(=O)O)cc1)N(Cc1cccc(Cl)c1)CC2.Cc1nn2c(c1C(=O)O)N(Cc1cccc(Cl)c1)CC2. The van der Waals surface area contributed by atoms with Gasteiger partial charge in [-0.2, -0.15) is 38.7 Å². The minimum Gasteiger partial charge on any atom is -0.478 e. The molecule has 0 fully saturated rings. The van der Waals surface area contributed by atoms with Crippen LogP contribution in [0.3, 0.4) is 0 Å². The number of fused-ring (bicyclic) bond motifs is 5. The smallest absolute Gasteiger partial charge is 0.436 e. The number of benzene rings is 6. The van der Waals surface area contributed by atoms with Crippen LogP contribution < -0.4 is 35.6 Å². The first-order chi connectivity index (χ1) is 57.3. The third kappa shape index (κ3) is 19.8. The van der Waals surface area contributed by atoms with Gasteiger partial charge in [0.25, 0.3) is 11.8 Å². The molecule has 0 aliphatic carbocycles. The van der Waals surface area contributed by atoms with E-state index < -0.39 is 35.3 Å². The van der Waals surface area contributed by atoms with Gasteiger partial charge in [-0.05, 0) is 148 Å². The number of aromatic carboxylic acids is 2. The zero-order chi connectivity index (χ0) is 86.1. The lowest BCUT2D eigenvalue weighted by atomic mass is 10.1. The Morgan fingerprint density at radius 2 is 0.742 bits per heavy atom. The molecule has 0 radical (unpaired) electrons. The standard InChI is InChI=1S/C24H25ClN4O3.C23H23ClN4O3.C15H16ClN3O2.C14H14ClN3O2.C8H8F3N3O2/c1-15(18-7-9-19(10-8-18)24(31)32-3)26-22(30)21-16(2)27-29-12-11-28(23(21)29)14-17-5-4-6-20(25)13-17;1-14(17-6-8-18(9-7-17)23(30)31)25-21(29)20-15(2)26-28-11-10-27(22(20)28)13-16-4-3-5-19(24)12-16;1-10-13(15(20)21-2)14-18(6-7-19(14)17-10)9-11-4-3-5-12(16)8-11;1-9-12(14(19)20)13-17(5-6-18(13)16-9)8-10-3-2-4-11(15)7-10;1-16-7(15)4-5(8(9,10)11)13-14-3-2-12-6(4)14/h4-10,13,15H,11-12,14H2,1-3H3,(H,26,30);3-9,12,14H,10-11,13H2,1-2H3,(H,25,29)(H,30,31);3-5,8H,6-7,9H2,1-2H3;2-4,7H,5-6,8H2,1H3,(H,19,20);12H,2-3H2,1H3/t15-;14-;;;/m00.../s1. The number of carbonyl (C=O) groups is 7. The van der Waals surface area contributed by atoms with E-state index in [1.165, 1.54) is 26.4 Å². The first kappa shape index (κ1) is 86.9. The van der Waals surface area contributed by atoms with Crippen LogP contribution in [0.5, 0.6) is 0 Å². The van der Waals surface area contributed by atoms with Crippen LogP contribution in [-0.4, -0.2) is 155 Å². The molecule has 5 aliphatic rings. The average molecular weight is 1720 g/mol. The predicted molar refractivity (Wildman–Crippen MR) is 446 cm³/mol. The highest BCUT2D eigenvalue weighted by Crippen LogP contribution is 2.39. The number of carboxylic acids is 2. The van der Waals surface area contributed by atoms with Crippen LogP contribution in [-0.2, 0) is 79.3 Å². The molecule has 11 aromatic rings. The van der Waals surface area contributed by atoms with Gasteiger partial charge in [0.15, 0.2) is 5.69 Å². The van der Waals surface area contributed by atoms with Crippen molar-refractivity contribution in [3.8, 4) is 0 Å². The first-order valence-corrected chi connectivity index (χ1v) is 39.5.